The lowest BCUT2D eigenvalue weighted by Gasteiger charge is -2.29. The lowest BCUT2D eigenvalue weighted by atomic mass is 10.0. The maximum atomic E-state index is 9.58. The molecule has 2 unspecified atom stereocenters. The molecule has 2 rings (SSSR count). The van der Waals surface area contributed by atoms with Gasteiger partial charge in [0.25, 0.3) is 0 Å². The fourth-order valence-corrected chi connectivity index (χ4v) is 2.72. The average molecular weight is 219 g/mol. The molecule has 2 heteroatoms. The van der Waals surface area contributed by atoms with E-state index in [4.69, 9.17) is 0 Å². The van der Waals surface area contributed by atoms with Gasteiger partial charge in [-0.2, -0.15) is 0 Å². The lowest BCUT2D eigenvalue weighted by molar-refractivity contribution is 0.199. The zero-order valence-corrected chi connectivity index (χ0v) is 10.6. The van der Waals surface area contributed by atoms with E-state index >= 15 is 0 Å². The molecule has 0 spiro atoms. The third-order valence-corrected chi connectivity index (χ3v) is 3.41. The van der Waals surface area contributed by atoms with Crippen molar-refractivity contribution in [3.63, 3.8) is 0 Å². The van der Waals surface area contributed by atoms with E-state index in [0.29, 0.717) is 12.1 Å². The number of rotatable bonds is 2. The van der Waals surface area contributed by atoms with Crippen molar-refractivity contribution in [3.05, 3.63) is 29.3 Å². The molecule has 0 radical (unpaired) electrons. The number of benzene rings is 1. The molecule has 1 aromatic rings. The average Bonchev–Trinajstić information content (AvgIpc) is 2.51. The standard InChI is InChI=1S/C14H21NO/c1-9(2)15-10(3)7-13-8-12(11(4)16)5-6-14(13)15/h5-6,8-11,16H,7H2,1-4H3. The Morgan fingerprint density at radius 3 is 2.56 bits per heavy atom. The number of hydrogen-bond donors (Lipinski definition) is 1. The van der Waals surface area contributed by atoms with Crippen molar-refractivity contribution in [2.24, 2.45) is 0 Å². The first-order chi connectivity index (χ1) is 7.50. The van der Waals surface area contributed by atoms with E-state index in [2.05, 4.69) is 37.8 Å². The number of aliphatic hydroxyl groups is 1. The lowest BCUT2D eigenvalue weighted by Crippen LogP contribution is -2.35. The molecule has 0 aromatic heterocycles. The monoisotopic (exact) mass is 219 g/mol. The van der Waals surface area contributed by atoms with Gasteiger partial charge in [0.15, 0.2) is 0 Å². The van der Waals surface area contributed by atoms with Gasteiger partial charge in [0.1, 0.15) is 0 Å². The van der Waals surface area contributed by atoms with Crippen LogP contribution in [0.4, 0.5) is 5.69 Å². The van der Waals surface area contributed by atoms with Crippen LogP contribution in [0.15, 0.2) is 18.2 Å². The molecule has 0 amide bonds. The second kappa shape index (κ2) is 4.10. The second-order valence-electron chi connectivity index (χ2n) is 5.12. The number of aliphatic hydroxyl groups excluding tert-OH is 1. The smallest absolute Gasteiger partial charge is 0.0762 e. The third-order valence-electron chi connectivity index (χ3n) is 3.41. The van der Waals surface area contributed by atoms with Gasteiger partial charge in [-0.15, -0.1) is 0 Å². The van der Waals surface area contributed by atoms with Crippen LogP contribution in [0.1, 0.15) is 44.9 Å². The van der Waals surface area contributed by atoms with Gasteiger partial charge in [-0.05, 0) is 51.3 Å². The van der Waals surface area contributed by atoms with Gasteiger partial charge in [-0.1, -0.05) is 12.1 Å². The Bertz CT molecular complexity index is 384. The van der Waals surface area contributed by atoms with Crippen LogP contribution < -0.4 is 4.90 Å². The maximum Gasteiger partial charge on any atom is 0.0762 e. The summed E-state index contributed by atoms with van der Waals surface area (Å²) >= 11 is 0. The van der Waals surface area contributed by atoms with Crippen LogP contribution in [0.3, 0.4) is 0 Å². The fraction of sp³-hybridized carbons (Fsp3) is 0.571. The predicted octanol–water partition coefficient (Wildman–Crippen LogP) is 2.90. The van der Waals surface area contributed by atoms with Gasteiger partial charge in [0.2, 0.25) is 0 Å². The molecule has 2 nitrogen and oxygen atoms in total. The van der Waals surface area contributed by atoms with Crippen LogP contribution in [-0.4, -0.2) is 17.2 Å². The topological polar surface area (TPSA) is 23.5 Å². The van der Waals surface area contributed by atoms with E-state index < -0.39 is 0 Å². The first kappa shape index (κ1) is 11.5. The molecule has 2 atom stereocenters. The zero-order valence-electron chi connectivity index (χ0n) is 10.6. The summed E-state index contributed by atoms with van der Waals surface area (Å²) in [5.74, 6) is 0. The molecule has 16 heavy (non-hydrogen) atoms. The minimum Gasteiger partial charge on any atom is -0.389 e. The second-order valence-corrected chi connectivity index (χ2v) is 5.12. The SMILES string of the molecule is CC(O)c1ccc2c(c1)CC(C)N2C(C)C. The summed E-state index contributed by atoms with van der Waals surface area (Å²) in [5.41, 5.74) is 3.74. The highest BCUT2D eigenvalue weighted by Gasteiger charge is 2.27. The van der Waals surface area contributed by atoms with Crippen molar-refractivity contribution >= 4 is 5.69 Å². The van der Waals surface area contributed by atoms with Crippen molar-refractivity contribution in [2.75, 3.05) is 4.90 Å². The zero-order chi connectivity index (χ0) is 11.9. The van der Waals surface area contributed by atoms with E-state index in [1.165, 1.54) is 11.3 Å². The first-order valence-electron chi connectivity index (χ1n) is 6.10. The van der Waals surface area contributed by atoms with Crippen molar-refractivity contribution in [3.8, 4) is 0 Å². The van der Waals surface area contributed by atoms with Crippen LogP contribution in [0.2, 0.25) is 0 Å². The number of anilines is 1. The van der Waals surface area contributed by atoms with E-state index in [9.17, 15) is 5.11 Å². The predicted molar refractivity (Wildman–Crippen MR) is 67.9 cm³/mol. The molecule has 1 N–H and O–H groups in total. The van der Waals surface area contributed by atoms with Gasteiger partial charge in [0.05, 0.1) is 6.10 Å². The summed E-state index contributed by atoms with van der Waals surface area (Å²) in [6, 6.07) is 7.45. The summed E-state index contributed by atoms with van der Waals surface area (Å²) in [4.78, 5) is 2.46. The minimum absolute atomic E-state index is 0.367. The molecule has 0 aliphatic carbocycles. The molecular weight excluding hydrogens is 198 g/mol. The van der Waals surface area contributed by atoms with Gasteiger partial charge in [0, 0.05) is 17.8 Å². The molecule has 0 saturated carbocycles. The summed E-state index contributed by atoms with van der Waals surface area (Å²) in [7, 11) is 0. The van der Waals surface area contributed by atoms with Crippen molar-refractivity contribution in [1.82, 2.24) is 0 Å². The van der Waals surface area contributed by atoms with Gasteiger partial charge in [-0.3, -0.25) is 0 Å². The van der Waals surface area contributed by atoms with Crippen LogP contribution in [0.25, 0.3) is 0 Å². The van der Waals surface area contributed by atoms with E-state index in [-0.39, 0.29) is 6.10 Å². The number of hydrogen-bond acceptors (Lipinski definition) is 2. The van der Waals surface area contributed by atoms with Crippen molar-refractivity contribution < 1.29 is 5.11 Å². The Morgan fingerprint density at radius 1 is 1.31 bits per heavy atom. The molecule has 1 aliphatic rings. The summed E-state index contributed by atoms with van der Waals surface area (Å²) in [6.45, 7) is 8.55. The van der Waals surface area contributed by atoms with Crippen LogP contribution in [-0.2, 0) is 6.42 Å². The molecule has 0 saturated heterocycles. The Balaban J connectivity index is 2.38. The highest BCUT2D eigenvalue weighted by atomic mass is 16.3. The number of fused-ring (bicyclic) bond motifs is 1. The molecule has 1 aliphatic heterocycles. The molecule has 1 aromatic carbocycles. The van der Waals surface area contributed by atoms with Crippen molar-refractivity contribution in [2.45, 2.75) is 52.3 Å². The summed E-state index contributed by atoms with van der Waals surface area (Å²) < 4.78 is 0. The Labute approximate surface area is 97.9 Å². The largest absolute Gasteiger partial charge is 0.389 e. The molecular formula is C14H21NO. The van der Waals surface area contributed by atoms with Gasteiger partial charge < -0.3 is 10.0 Å². The molecule has 0 fully saturated rings. The Hall–Kier alpha value is -1.02. The van der Waals surface area contributed by atoms with E-state index in [1.807, 2.05) is 13.0 Å². The minimum atomic E-state index is -0.367. The normalized spacial score (nSPS) is 21.4. The molecule has 0 bridgehead atoms. The maximum absolute atomic E-state index is 9.58. The summed E-state index contributed by atoms with van der Waals surface area (Å²) in [5, 5.41) is 9.58. The van der Waals surface area contributed by atoms with Gasteiger partial charge >= 0.3 is 0 Å². The third kappa shape index (κ3) is 1.82. The summed E-state index contributed by atoms with van der Waals surface area (Å²) in [6.07, 6.45) is 0.724. The number of nitrogens with zero attached hydrogens (tertiary/aromatic N) is 1. The Kier molecular flexibility index (Phi) is 2.94. The van der Waals surface area contributed by atoms with Crippen molar-refractivity contribution in [1.29, 1.82) is 0 Å². The Morgan fingerprint density at radius 2 is 2.00 bits per heavy atom. The van der Waals surface area contributed by atoms with Crippen LogP contribution in [0, 0.1) is 0 Å². The molecule has 88 valence electrons. The highest BCUT2D eigenvalue weighted by Crippen LogP contribution is 2.35. The van der Waals surface area contributed by atoms with Gasteiger partial charge in [-0.25, -0.2) is 0 Å². The quantitative estimate of drug-likeness (QED) is 0.826. The molecule has 1 heterocycles. The fourth-order valence-electron chi connectivity index (χ4n) is 2.72. The van der Waals surface area contributed by atoms with Crippen LogP contribution in [0.5, 0.6) is 0 Å². The van der Waals surface area contributed by atoms with E-state index in [1.54, 1.807) is 0 Å². The van der Waals surface area contributed by atoms with E-state index in [0.717, 1.165) is 12.0 Å². The first-order valence-corrected chi connectivity index (χ1v) is 6.10. The highest BCUT2D eigenvalue weighted by molar-refractivity contribution is 5.61. The van der Waals surface area contributed by atoms with Crippen LogP contribution >= 0.6 is 0 Å².